The number of aromatic nitrogens is 3. The van der Waals surface area contributed by atoms with Crippen molar-refractivity contribution in [3.8, 4) is 0 Å². The molecule has 0 aliphatic rings. The fraction of sp³-hybridized carbons (Fsp3) is 0.308. The number of amides is 1. The van der Waals surface area contributed by atoms with E-state index in [2.05, 4.69) is 20.7 Å². The second-order valence-electron chi connectivity index (χ2n) is 4.85. The summed E-state index contributed by atoms with van der Waals surface area (Å²) in [5.74, 6) is -0.525. The van der Waals surface area contributed by atoms with Gasteiger partial charge in [-0.25, -0.2) is 0 Å². The van der Waals surface area contributed by atoms with E-state index in [1.165, 1.54) is 6.07 Å². The molecule has 1 amide bonds. The van der Waals surface area contributed by atoms with Crippen molar-refractivity contribution >= 4 is 23.1 Å². The third-order valence-corrected chi connectivity index (χ3v) is 3.43. The SMILES string of the molecule is CCC(C)c1ccc(Nc2n[nH]nc2C(N)=O)c([N+](=O)[O-])c1. The lowest BCUT2D eigenvalue weighted by atomic mass is 9.98. The van der Waals surface area contributed by atoms with Gasteiger partial charge in [-0.1, -0.05) is 19.9 Å². The summed E-state index contributed by atoms with van der Waals surface area (Å²) in [6.07, 6.45) is 0.874. The fourth-order valence-electron chi connectivity index (χ4n) is 1.97. The largest absolute Gasteiger partial charge is 0.364 e. The minimum atomic E-state index is -0.782. The number of carbonyl (C=O) groups is 1. The third-order valence-electron chi connectivity index (χ3n) is 3.43. The van der Waals surface area contributed by atoms with Crippen LogP contribution in [-0.4, -0.2) is 26.2 Å². The maximum Gasteiger partial charge on any atom is 0.292 e. The Labute approximate surface area is 126 Å². The Morgan fingerprint density at radius 2 is 2.23 bits per heavy atom. The van der Waals surface area contributed by atoms with Crippen LogP contribution in [0.2, 0.25) is 0 Å². The first-order valence-electron chi connectivity index (χ1n) is 6.70. The molecule has 22 heavy (non-hydrogen) atoms. The van der Waals surface area contributed by atoms with Crippen molar-refractivity contribution in [1.29, 1.82) is 0 Å². The molecule has 1 aromatic heterocycles. The van der Waals surface area contributed by atoms with E-state index in [1.807, 2.05) is 13.8 Å². The van der Waals surface area contributed by atoms with Crippen LogP contribution in [0.15, 0.2) is 18.2 Å². The first-order chi connectivity index (χ1) is 10.4. The first-order valence-corrected chi connectivity index (χ1v) is 6.70. The van der Waals surface area contributed by atoms with E-state index in [0.717, 1.165) is 12.0 Å². The topological polar surface area (TPSA) is 140 Å². The van der Waals surface area contributed by atoms with Crippen molar-refractivity contribution in [2.45, 2.75) is 26.2 Å². The lowest BCUT2D eigenvalue weighted by molar-refractivity contribution is -0.384. The molecule has 116 valence electrons. The maximum absolute atomic E-state index is 11.3. The highest BCUT2D eigenvalue weighted by molar-refractivity contribution is 5.96. The number of primary amides is 1. The molecule has 4 N–H and O–H groups in total. The highest BCUT2D eigenvalue weighted by atomic mass is 16.6. The van der Waals surface area contributed by atoms with Crippen LogP contribution in [0.4, 0.5) is 17.2 Å². The van der Waals surface area contributed by atoms with E-state index in [-0.39, 0.29) is 28.8 Å². The van der Waals surface area contributed by atoms with Crippen molar-refractivity contribution in [3.63, 3.8) is 0 Å². The molecule has 1 atom stereocenters. The second kappa shape index (κ2) is 6.20. The van der Waals surface area contributed by atoms with Crippen LogP contribution in [0.3, 0.4) is 0 Å². The van der Waals surface area contributed by atoms with Crippen molar-refractivity contribution in [2.24, 2.45) is 5.73 Å². The molecule has 0 aliphatic carbocycles. The Balaban J connectivity index is 2.40. The number of nitrogens with zero attached hydrogens (tertiary/aromatic N) is 3. The van der Waals surface area contributed by atoms with Crippen molar-refractivity contribution in [2.75, 3.05) is 5.32 Å². The number of nitrogens with one attached hydrogen (secondary N) is 2. The van der Waals surface area contributed by atoms with Crippen LogP contribution in [0.25, 0.3) is 0 Å². The smallest absolute Gasteiger partial charge is 0.292 e. The van der Waals surface area contributed by atoms with Gasteiger partial charge in [0, 0.05) is 6.07 Å². The molecule has 1 aromatic carbocycles. The molecule has 1 heterocycles. The lowest BCUT2D eigenvalue weighted by Crippen LogP contribution is -2.13. The summed E-state index contributed by atoms with van der Waals surface area (Å²) < 4.78 is 0. The molecule has 2 rings (SSSR count). The van der Waals surface area contributed by atoms with Gasteiger partial charge in [-0.15, -0.1) is 10.2 Å². The van der Waals surface area contributed by atoms with Gasteiger partial charge in [-0.3, -0.25) is 14.9 Å². The highest BCUT2D eigenvalue weighted by Gasteiger charge is 2.20. The average molecular weight is 304 g/mol. The minimum Gasteiger partial charge on any atom is -0.364 e. The van der Waals surface area contributed by atoms with Crippen LogP contribution >= 0.6 is 0 Å². The average Bonchev–Trinajstić information content (AvgIpc) is 2.95. The Hall–Kier alpha value is -2.97. The molecule has 0 radical (unpaired) electrons. The molecule has 0 aliphatic heterocycles. The van der Waals surface area contributed by atoms with Crippen molar-refractivity contribution in [3.05, 3.63) is 39.6 Å². The predicted octanol–water partition coefficient (Wildman–Crippen LogP) is 2.07. The van der Waals surface area contributed by atoms with Gasteiger partial charge < -0.3 is 11.1 Å². The van der Waals surface area contributed by atoms with E-state index in [9.17, 15) is 14.9 Å². The molecule has 0 saturated heterocycles. The Morgan fingerprint density at radius 3 is 2.82 bits per heavy atom. The Bertz CT molecular complexity index is 712. The van der Waals surface area contributed by atoms with E-state index in [1.54, 1.807) is 12.1 Å². The molecule has 9 heteroatoms. The number of H-pyrrole nitrogens is 1. The summed E-state index contributed by atoms with van der Waals surface area (Å²) >= 11 is 0. The lowest BCUT2D eigenvalue weighted by Gasteiger charge is -2.11. The zero-order valence-electron chi connectivity index (χ0n) is 12.2. The molecule has 0 bridgehead atoms. The number of anilines is 2. The normalized spacial score (nSPS) is 11.9. The van der Waals surface area contributed by atoms with Gasteiger partial charge in [0.05, 0.1) is 4.92 Å². The van der Waals surface area contributed by atoms with Crippen LogP contribution in [-0.2, 0) is 0 Å². The van der Waals surface area contributed by atoms with Gasteiger partial charge >= 0.3 is 0 Å². The third kappa shape index (κ3) is 3.03. The zero-order chi connectivity index (χ0) is 16.3. The number of aromatic amines is 1. The summed E-state index contributed by atoms with van der Waals surface area (Å²) in [6.45, 7) is 4.01. The molecule has 0 fully saturated rings. The molecule has 1 unspecified atom stereocenters. The van der Waals surface area contributed by atoms with Crippen molar-refractivity contribution < 1.29 is 9.72 Å². The van der Waals surface area contributed by atoms with Crippen LogP contribution in [0, 0.1) is 10.1 Å². The van der Waals surface area contributed by atoms with Gasteiger partial charge in [-0.2, -0.15) is 5.21 Å². The summed E-state index contributed by atoms with van der Waals surface area (Å²) in [4.78, 5) is 22.0. The van der Waals surface area contributed by atoms with Crippen LogP contribution < -0.4 is 11.1 Å². The Morgan fingerprint density at radius 1 is 1.50 bits per heavy atom. The van der Waals surface area contributed by atoms with E-state index in [0.29, 0.717) is 0 Å². The monoisotopic (exact) mass is 304 g/mol. The minimum absolute atomic E-state index is 0.0480. The van der Waals surface area contributed by atoms with Crippen LogP contribution in [0.1, 0.15) is 42.2 Å². The quantitative estimate of drug-likeness (QED) is 0.551. The molecular weight excluding hydrogens is 288 g/mol. The summed E-state index contributed by atoms with van der Waals surface area (Å²) in [5.41, 5.74) is 6.03. The number of nitro groups is 1. The molecule has 0 saturated carbocycles. The molecule has 0 spiro atoms. The Kier molecular flexibility index (Phi) is 4.35. The standard InChI is InChI=1S/C13H16N6O3/c1-3-7(2)8-4-5-9(10(6-8)19(21)22)15-13-11(12(14)20)16-18-17-13/h4-7H,3H2,1-2H3,(H2,14,20)(H2,15,16,17,18). The maximum atomic E-state index is 11.3. The highest BCUT2D eigenvalue weighted by Crippen LogP contribution is 2.31. The van der Waals surface area contributed by atoms with E-state index < -0.39 is 10.8 Å². The number of benzene rings is 1. The van der Waals surface area contributed by atoms with E-state index >= 15 is 0 Å². The summed E-state index contributed by atoms with van der Waals surface area (Å²) in [5, 5.41) is 23.6. The van der Waals surface area contributed by atoms with E-state index in [4.69, 9.17) is 5.73 Å². The van der Waals surface area contributed by atoms with Gasteiger partial charge in [-0.05, 0) is 24.0 Å². The van der Waals surface area contributed by atoms with Gasteiger partial charge in [0.25, 0.3) is 11.6 Å². The van der Waals surface area contributed by atoms with Gasteiger partial charge in [0.2, 0.25) is 0 Å². The fourth-order valence-corrected chi connectivity index (χ4v) is 1.97. The summed E-state index contributed by atoms with van der Waals surface area (Å²) in [6, 6.07) is 4.90. The van der Waals surface area contributed by atoms with Gasteiger partial charge in [0.1, 0.15) is 5.69 Å². The number of hydrogen-bond acceptors (Lipinski definition) is 6. The number of carbonyl (C=O) groups excluding carboxylic acids is 1. The first kappa shape index (κ1) is 15.4. The predicted molar refractivity (Wildman–Crippen MR) is 80.0 cm³/mol. The van der Waals surface area contributed by atoms with Crippen LogP contribution in [0.5, 0.6) is 0 Å². The molecule has 9 nitrogen and oxygen atoms in total. The van der Waals surface area contributed by atoms with Crippen molar-refractivity contribution in [1.82, 2.24) is 15.4 Å². The second-order valence-corrected chi connectivity index (χ2v) is 4.85. The summed E-state index contributed by atoms with van der Waals surface area (Å²) in [7, 11) is 0. The van der Waals surface area contributed by atoms with Gasteiger partial charge in [0.15, 0.2) is 11.5 Å². The number of nitro benzene ring substituents is 1. The number of nitrogens with two attached hydrogens (primary N) is 1. The molecule has 2 aromatic rings. The number of hydrogen-bond donors (Lipinski definition) is 3. The zero-order valence-corrected chi connectivity index (χ0v) is 12.2. The molecular formula is C13H16N6O3. The number of rotatable bonds is 6.